The van der Waals surface area contributed by atoms with Crippen molar-refractivity contribution in [3.63, 3.8) is 0 Å². The molecule has 0 saturated heterocycles. The molecule has 5 nitrogen and oxygen atoms in total. The highest BCUT2D eigenvalue weighted by Gasteiger charge is 2.14. The fourth-order valence-electron chi connectivity index (χ4n) is 2.56. The van der Waals surface area contributed by atoms with Crippen LogP contribution in [0.4, 0.5) is 5.69 Å². The number of amides is 1. The first-order valence-corrected chi connectivity index (χ1v) is 7.47. The third-order valence-electron chi connectivity index (χ3n) is 3.71. The van der Waals surface area contributed by atoms with Crippen molar-refractivity contribution in [2.45, 2.75) is 13.8 Å². The molecule has 1 amide bonds. The number of carbonyl (C=O) groups is 2. The molecule has 0 aliphatic carbocycles. The fraction of sp³-hybridized carbons (Fsp3) is 0.105. The number of aromatic carboxylic acids is 1. The number of benzene rings is 2. The predicted octanol–water partition coefficient (Wildman–Crippen LogP) is 3.87. The number of nitrogens with one attached hydrogen (secondary N) is 1. The van der Waals surface area contributed by atoms with Crippen LogP contribution in [0.15, 0.2) is 48.5 Å². The van der Waals surface area contributed by atoms with E-state index in [4.69, 9.17) is 0 Å². The number of carbonyl (C=O) groups excluding carboxylic acids is 1. The zero-order chi connectivity index (χ0) is 17.3. The fourth-order valence-corrected chi connectivity index (χ4v) is 2.56. The van der Waals surface area contributed by atoms with Gasteiger partial charge in [-0.3, -0.25) is 4.79 Å². The smallest absolute Gasteiger partial charge is 0.336 e. The maximum absolute atomic E-state index is 11.7. The molecule has 2 N–H and O–H groups in total. The normalized spacial score (nSPS) is 10.6. The Labute approximate surface area is 139 Å². The number of aryl methyl sites for hydroxylation is 1. The molecule has 0 bridgehead atoms. The Kier molecular flexibility index (Phi) is 4.00. The van der Waals surface area contributed by atoms with Gasteiger partial charge >= 0.3 is 5.97 Å². The Balaban J connectivity index is 2.19. The van der Waals surface area contributed by atoms with E-state index in [2.05, 4.69) is 10.3 Å². The van der Waals surface area contributed by atoms with E-state index in [0.29, 0.717) is 22.3 Å². The molecular formula is C19H16N2O3. The number of hydrogen-bond acceptors (Lipinski definition) is 3. The molecule has 1 aromatic heterocycles. The minimum atomic E-state index is -1.03. The van der Waals surface area contributed by atoms with Crippen LogP contribution in [0.3, 0.4) is 0 Å². The summed E-state index contributed by atoms with van der Waals surface area (Å²) in [5.74, 6) is -1.24. The van der Waals surface area contributed by atoms with Gasteiger partial charge in [0.25, 0.3) is 0 Å². The average molecular weight is 320 g/mol. The largest absolute Gasteiger partial charge is 0.478 e. The van der Waals surface area contributed by atoms with Crippen molar-refractivity contribution >= 4 is 28.5 Å². The molecule has 1 heterocycles. The Morgan fingerprint density at radius 2 is 1.75 bits per heavy atom. The summed E-state index contributed by atoms with van der Waals surface area (Å²) in [7, 11) is 0. The SMILES string of the molecule is CC(=O)Nc1ccc2nc(-c3ccc(C)cc3)cc(C(=O)O)c2c1. The lowest BCUT2D eigenvalue weighted by molar-refractivity contribution is -0.114. The van der Waals surface area contributed by atoms with Crippen LogP contribution >= 0.6 is 0 Å². The van der Waals surface area contributed by atoms with Crippen LogP contribution in [-0.4, -0.2) is 22.0 Å². The number of fused-ring (bicyclic) bond motifs is 1. The Bertz CT molecular complexity index is 947. The maximum atomic E-state index is 11.7. The van der Waals surface area contributed by atoms with Crippen molar-refractivity contribution in [1.82, 2.24) is 4.98 Å². The molecule has 0 saturated carbocycles. The van der Waals surface area contributed by atoms with Crippen LogP contribution in [0, 0.1) is 6.92 Å². The van der Waals surface area contributed by atoms with Crippen LogP contribution in [0.25, 0.3) is 22.2 Å². The number of carboxylic acids is 1. The summed E-state index contributed by atoms with van der Waals surface area (Å²) in [6.45, 7) is 3.39. The second kappa shape index (κ2) is 6.12. The van der Waals surface area contributed by atoms with E-state index in [1.54, 1.807) is 24.3 Å². The third kappa shape index (κ3) is 3.10. The second-order valence-corrected chi connectivity index (χ2v) is 5.64. The number of nitrogens with zero attached hydrogens (tertiary/aromatic N) is 1. The van der Waals surface area contributed by atoms with Crippen molar-refractivity contribution in [2.75, 3.05) is 5.32 Å². The van der Waals surface area contributed by atoms with Gasteiger partial charge in [-0.25, -0.2) is 9.78 Å². The highest BCUT2D eigenvalue weighted by atomic mass is 16.4. The van der Waals surface area contributed by atoms with Crippen molar-refractivity contribution in [3.05, 3.63) is 59.7 Å². The molecule has 3 aromatic rings. The molecule has 0 radical (unpaired) electrons. The van der Waals surface area contributed by atoms with Gasteiger partial charge in [0.1, 0.15) is 0 Å². The zero-order valence-corrected chi connectivity index (χ0v) is 13.3. The van der Waals surface area contributed by atoms with Gasteiger partial charge in [-0.05, 0) is 31.2 Å². The van der Waals surface area contributed by atoms with Gasteiger partial charge in [0, 0.05) is 23.6 Å². The lowest BCUT2D eigenvalue weighted by Gasteiger charge is -2.09. The van der Waals surface area contributed by atoms with Crippen molar-refractivity contribution in [2.24, 2.45) is 0 Å². The van der Waals surface area contributed by atoms with Gasteiger partial charge in [-0.15, -0.1) is 0 Å². The van der Waals surface area contributed by atoms with Crippen molar-refractivity contribution < 1.29 is 14.7 Å². The molecule has 120 valence electrons. The zero-order valence-electron chi connectivity index (χ0n) is 13.3. The number of hydrogen-bond donors (Lipinski definition) is 2. The summed E-state index contributed by atoms with van der Waals surface area (Å²) in [6.07, 6.45) is 0. The van der Waals surface area contributed by atoms with Crippen molar-refractivity contribution in [1.29, 1.82) is 0 Å². The second-order valence-electron chi connectivity index (χ2n) is 5.64. The quantitative estimate of drug-likeness (QED) is 0.768. The lowest BCUT2D eigenvalue weighted by atomic mass is 10.0. The van der Waals surface area contributed by atoms with Gasteiger partial charge < -0.3 is 10.4 Å². The minimum Gasteiger partial charge on any atom is -0.478 e. The maximum Gasteiger partial charge on any atom is 0.336 e. The number of pyridine rings is 1. The molecular weight excluding hydrogens is 304 g/mol. The first-order valence-electron chi connectivity index (χ1n) is 7.47. The number of aromatic nitrogens is 1. The highest BCUT2D eigenvalue weighted by Crippen LogP contribution is 2.27. The van der Waals surface area contributed by atoms with Crippen LogP contribution in [0.5, 0.6) is 0 Å². The first-order chi connectivity index (χ1) is 11.4. The molecule has 0 fully saturated rings. The standard InChI is InChI=1S/C19H16N2O3/c1-11-3-5-13(6-4-11)18-10-16(19(23)24)15-9-14(20-12(2)22)7-8-17(15)21-18/h3-10H,1-2H3,(H,20,22)(H,23,24). The third-order valence-corrected chi connectivity index (χ3v) is 3.71. The monoisotopic (exact) mass is 320 g/mol. The van der Waals surface area contributed by atoms with Gasteiger partial charge in [0.2, 0.25) is 5.91 Å². The van der Waals surface area contributed by atoms with Crippen LogP contribution in [-0.2, 0) is 4.79 Å². The van der Waals surface area contributed by atoms with Gasteiger partial charge in [0.15, 0.2) is 0 Å². The van der Waals surface area contributed by atoms with E-state index in [1.807, 2.05) is 31.2 Å². The predicted molar refractivity (Wildman–Crippen MR) is 93.2 cm³/mol. The van der Waals surface area contributed by atoms with E-state index in [9.17, 15) is 14.7 Å². The van der Waals surface area contributed by atoms with Gasteiger partial charge in [-0.2, -0.15) is 0 Å². The van der Waals surface area contributed by atoms with Gasteiger partial charge in [0.05, 0.1) is 16.8 Å². The van der Waals surface area contributed by atoms with E-state index in [-0.39, 0.29) is 11.5 Å². The van der Waals surface area contributed by atoms with E-state index in [1.165, 1.54) is 6.92 Å². The number of anilines is 1. The number of carboxylic acid groups (broad SMARTS) is 1. The minimum absolute atomic E-state index is 0.155. The summed E-state index contributed by atoms with van der Waals surface area (Å²) in [5, 5.41) is 12.7. The van der Waals surface area contributed by atoms with E-state index in [0.717, 1.165) is 11.1 Å². The summed E-state index contributed by atoms with van der Waals surface area (Å²) in [6, 6.07) is 14.4. The van der Waals surface area contributed by atoms with E-state index >= 15 is 0 Å². The molecule has 3 rings (SSSR count). The molecule has 0 aliphatic heterocycles. The molecule has 0 atom stereocenters. The molecule has 0 unspecified atom stereocenters. The van der Waals surface area contributed by atoms with Crippen LogP contribution in [0.2, 0.25) is 0 Å². The molecule has 2 aromatic carbocycles. The number of rotatable bonds is 3. The summed E-state index contributed by atoms with van der Waals surface area (Å²) in [4.78, 5) is 27.4. The Morgan fingerprint density at radius 3 is 2.38 bits per heavy atom. The molecule has 0 spiro atoms. The molecule has 0 aliphatic rings. The highest BCUT2D eigenvalue weighted by molar-refractivity contribution is 6.05. The topological polar surface area (TPSA) is 79.3 Å². The van der Waals surface area contributed by atoms with E-state index < -0.39 is 5.97 Å². The molecule has 5 heteroatoms. The summed E-state index contributed by atoms with van der Waals surface area (Å²) in [5.41, 5.74) is 3.85. The molecule has 24 heavy (non-hydrogen) atoms. The van der Waals surface area contributed by atoms with Crippen LogP contribution in [0.1, 0.15) is 22.8 Å². The summed E-state index contributed by atoms with van der Waals surface area (Å²) >= 11 is 0. The van der Waals surface area contributed by atoms with Gasteiger partial charge in [-0.1, -0.05) is 29.8 Å². The van der Waals surface area contributed by atoms with Crippen molar-refractivity contribution in [3.8, 4) is 11.3 Å². The van der Waals surface area contributed by atoms with Crippen LogP contribution < -0.4 is 5.32 Å². The summed E-state index contributed by atoms with van der Waals surface area (Å²) < 4.78 is 0. The first kappa shape index (κ1) is 15.7. The Hall–Kier alpha value is -3.21. The average Bonchev–Trinajstić information content (AvgIpc) is 2.54. The lowest BCUT2D eigenvalue weighted by Crippen LogP contribution is -2.06. The Morgan fingerprint density at radius 1 is 1.04 bits per heavy atom.